The first-order chi connectivity index (χ1) is 11.9. The summed E-state index contributed by atoms with van der Waals surface area (Å²) >= 11 is 0. The lowest BCUT2D eigenvalue weighted by Crippen LogP contribution is -2.34. The van der Waals surface area contributed by atoms with Gasteiger partial charge in [-0.3, -0.25) is 14.9 Å². The zero-order valence-electron chi connectivity index (χ0n) is 13.2. The van der Waals surface area contributed by atoms with E-state index in [0.29, 0.717) is 12.0 Å². The molecule has 1 aliphatic rings. The van der Waals surface area contributed by atoms with E-state index < -0.39 is 28.5 Å². The third-order valence-electron chi connectivity index (χ3n) is 4.01. The molecular weight excluding hydrogens is 334 g/mol. The number of nitrogens with one attached hydrogen (secondary N) is 1. The molecule has 3 rings (SSSR count). The maximum absolute atomic E-state index is 13.9. The summed E-state index contributed by atoms with van der Waals surface area (Å²) in [6.07, 6.45) is 1.43. The molecule has 1 atom stereocenters. The Balaban J connectivity index is 1.79. The fourth-order valence-electron chi connectivity index (χ4n) is 2.78. The number of benzene rings is 1. The number of carbonyl (C=O) groups is 1. The van der Waals surface area contributed by atoms with Crippen LogP contribution in [-0.4, -0.2) is 28.4 Å². The second-order valence-electron chi connectivity index (χ2n) is 5.66. The van der Waals surface area contributed by atoms with Crippen molar-refractivity contribution in [2.45, 2.75) is 19.4 Å². The Morgan fingerprint density at radius 2 is 2.04 bits per heavy atom. The molecule has 25 heavy (non-hydrogen) atoms. The van der Waals surface area contributed by atoms with Gasteiger partial charge in [0.15, 0.2) is 0 Å². The number of carbonyl (C=O) groups excluding carboxylic acids is 1. The third kappa shape index (κ3) is 3.12. The van der Waals surface area contributed by atoms with Gasteiger partial charge < -0.3 is 10.2 Å². The highest BCUT2D eigenvalue weighted by Crippen LogP contribution is 2.29. The molecule has 0 bridgehead atoms. The Kier molecular flexibility index (Phi) is 4.30. The van der Waals surface area contributed by atoms with Gasteiger partial charge in [-0.25, -0.2) is 13.8 Å². The number of rotatable bonds is 4. The fourth-order valence-corrected chi connectivity index (χ4v) is 2.78. The first-order valence-electron chi connectivity index (χ1n) is 7.51. The van der Waals surface area contributed by atoms with Gasteiger partial charge in [0.1, 0.15) is 35.4 Å². The number of aromatic nitrogens is 1. The molecule has 2 heterocycles. The van der Waals surface area contributed by atoms with E-state index in [0.717, 1.165) is 23.2 Å². The smallest absolute Gasteiger partial charge is 0.290 e. The molecule has 9 heteroatoms. The number of pyridine rings is 1. The van der Waals surface area contributed by atoms with Crippen LogP contribution in [0.15, 0.2) is 30.5 Å². The number of hydrogen-bond donors (Lipinski definition) is 1. The van der Waals surface area contributed by atoms with E-state index in [-0.39, 0.29) is 23.7 Å². The van der Waals surface area contributed by atoms with Crippen LogP contribution in [0.2, 0.25) is 0 Å². The Morgan fingerprint density at radius 3 is 2.64 bits per heavy atom. The van der Waals surface area contributed by atoms with E-state index in [2.05, 4.69) is 10.3 Å². The average molecular weight is 348 g/mol. The molecule has 7 nitrogen and oxygen atoms in total. The third-order valence-corrected chi connectivity index (χ3v) is 4.01. The quantitative estimate of drug-likeness (QED) is 0.678. The molecule has 130 valence electrons. The van der Waals surface area contributed by atoms with Gasteiger partial charge in [0.05, 0.1) is 4.92 Å². The predicted octanol–water partition coefficient (Wildman–Crippen LogP) is 2.79. The summed E-state index contributed by atoms with van der Waals surface area (Å²) in [4.78, 5) is 27.7. The zero-order chi connectivity index (χ0) is 18.1. The summed E-state index contributed by atoms with van der Waals surface area (Å²) in [5.41, 5.74) is -0.104. The van der Waals surface area contributed by atoms with Crippen molar-refractivity contribution >= 4 is 23.1 Å². The normalized spacial score (nSPS) is 17.0. The summed E-state index contributed by atoms with van der Waals surface area (Å²) in [5, 5.41) is 13.7. The van der Waals surface area contributed by atoms with Gasteiger partial charge in [0.2, 0.25) is 5.91 Å². The molecule has 2 aromatic rings. The minimum Gasteiger partial charge on any atom is -0.358 e. The number of halogens is 2. The van der Waals surface area contributed by atoms with Crippen molar-refractivity contribution in [3.05, 3.63) is 57.8 Å². The van der Waals surface area contributed by atoms with Gasteiger partial charge in [0.25, 0.3) is 5.69 Å². The van der Waals surface area contributed by atoms with Gasteiger partial charge in [-0.2, -0.15) is 0 Å². The molecule has 1 amide bonds. The Hall–Kier alpha value is -3.10. The van der Waals surface area contributed by atoms with Crippen molar-refractivity contribution in [3.63, 3.8) is 0 Å². The van der Waals surface area contributed by atoms with Crippen LogP contribution < -0.4 is 10.2 Å². The molecular formula is C16H14F2N4O3. The molecule has 1 unspecified atom stereocenters. The summed E-state index contributed by atoms with van der Waals surface area (Å²) in [6.45, 7) is 1.71. The maximum Gasteiger partial charge on any atom is 0.290 e. The van der Waals surface area contributed by atoms with Crippen LogP contribution in [0.25, 0.3) is 0 Å². The Labute approximate surface area is 141 Å². The van der Waals surface area contributed by atoms with Crippen molar-refractivity contribution < 1.29 is 18.5 Å². The van der Waals surface area contributed by atoms with Crippen molar-refractivity contribution in [2.75, 3.05) is 16.8 Å². The summed E-state index contributed by atoms with van der Waals surface area (Å²) < 4.78 is 27.7. The van der Waals surface area contributed by atoms with Gasteiger partial charge in [-0.15, -0.1) is 0 Å². The molecule has 0 aliphatic carbocycles. The van der Waals surface area contributed by atoms with Gasteiger partial charge in [-0.05, 0) is 31.5 Å². The lowest BCUT2D eigenvalue weighted by Gasteiger charge is -2.18. The highest BCUT2D eigenvalue weighted by atomic mass is 19.1. The number of nitro groups is 1. The van der Waals surface area contributed by atoms with E-state index in [1.165, 1.54) is 12.1 Å². The molecule has 1 aromatic heterocycles. The minimum atomic E-state index is -0.807. The number of aryl methyl sites for hydroxylation is 1. The molecule has 0 spiro atoms. The second kappa shape index (κ2) is 6.42. The van der Waals surface area contributed by atoms with Crippen molar-refractivity contribution in [2.24, 2.45) is 0 Å². The van der Waals surface area contributed by atoms with Crippen LogP contribution in [0.4, 0.5) is 26.0 Å². The maximum atomic E-state index is 13.9. The van der Waals surface area contributed by atoms with E-state index in [4.69, 9.17) is 0 Å². The first-order valence-corrected chi connectivity index (χ1v) is 7.51. The lowest BCUT2D eigenvalue weighted by molar-refractivity contribution is -0.385. The molecule has 1 aromatic carbocycles. The molecule has 0 radical (unpaired) electrons. The zero-order valence-corrected chi connectivity index (χ0v) is 13.2. The number of para-hydroxylation sites is 1. The number of hydrogen-bond acceptors (Lipinski definition) is 5. The minimum absolute atomic E-state index is 0.127. The van der Waals surface area contributed by atoms with Crippen molar-refractivity contribution in [3.8, 4) is 0 Å². The van der Waals surface area contributed by atoms with Gasteiger partial charge in [-0.1, -0.05) is 6.07 Å². The van der Waals surface area contributed by atoms with E-state index in [9.17, 15) is 23.7 Å². The number of anilines is 2. The number of nitrogens with zero attached hydrogens (tertiary/aromatic N) is 3. The van der Waals surface area contributed by atoms with Gasteiger partial charge >= 0.3 is 0 Å². The van der Waals surface area contributed by atoms with Crippen LogP contribution in [0.3, 0.4) is 0 Å². The molecule has 0 saturated carbocycles. The van der Waals surface area contributed by atoms with Crippen LogP contribution in [0.5, 0.6) is 0 Å². The Bertz CT molecular complexity index is 839. The second-order valence-corrected chi connectivity index (χ2v) is 5.66. The molecule has 1 fully saturated rings. The number of amides is 1. The monoisotopic (exact) mass is 348 g/mol. The average Bonchev–Trinajstić information content (AvgIpc) is 2.88. The van der Waals surface area contributed by atoms with Crippen LogP contribution >= 0.6 is 0 Å². The highest BCUT2D eigenvalue weighted by molar-refractivity contribution is 6.01. The SMILES string of the molecule is Cc1cc(NC2CCN(c3c(F)cccc3F)C2=O)ncc1[N+](=O)[O-]. The van der Waals surface area contributed by atoms with Crippen LogP contribution in [0, 0.1) is 28.7 Å². The van der Waals surface area contributed by atoms with E-state index >= 15 is 0 Å². The van der Waals surface area contributed by atoms with E-state index in [1.807, 2.05) is 0 Å². The summed E-state index contributed by atoms with van der Waals surface area (Å²) in [5.74, 6) is -1.81. The largest absolute Gasteiger partial charge is 0.358 e. The lowest BCUT2D eigenvalue weighted by atomic mass is 10.2. The first kappa shape index (κ1) is 16.7. The fraction of sp³-hybridized carbons (Fsp3) is 0.250. The molecule has 1 aliphatic heterocycles. The molecule has 1 saturated heterocycles. The van der Waals surface area contributed by atoms with Crippen molar-refractivity contribution in [1.29, 1.82) is 0 Å². The molecule has 1 N–H and O–H groups in total. The summed E-state index contributed by atoms with van der Waals surface area (Å²) in [7, 11) is 0. The predicted molar refractivity (Wildman–Crippen MR) is 86.4 cm³/mol. The van der Waals surface area contributed by atoms with Crippen LogP contribution in [0.1, 0.15) is 12.0 Å². The highest BCUT2D eigenvalue weighted by Gasteiger charge is 2.35. The topological polar surface area (TPSA) is 88.4 Å². The Morgan fingerprint density at radius 1 is 1.36 bits per heavy atom. The van der Waals surface area contributed by atoms with Crippen LogP contribution in [-0.2, 0) is 4.79 Å². The van der Waals surface area contributed by atoms with Gasteiger partial charge in [0, 0.05) is 12.1 Å². The summed E-state index contributed by atoms with van der Waals surface area (Å²) in [6, 6.07) is 4.15. The standard InChI is InChI=1S/C16H14F2N4O3/c1-9-7-14(19-8-13(9)22(24)25)20-12-5-6-21(16(12)23)15-10(17)3-2-4-11(15)18/h2-4,7-8,12H,5-6H2,1H3,(H,19,20). The van der Waals surface area contributed by atoms with E-state index in [1.54, 1.807) is 6.92 Å². The van der Waals surface area contributed by atoms with Crippen molar-refractivity contribution in [1.82, 2.24) is 4.98 Å².